The summed E-state index contributed by atoms with van der Waals surface area (Å²) in [6, 6.07) is 32.3. The zero-order valence-corrected chi connectivity index (χ0v) is 16.9. The van der Waals surface area contributed by atoms with Crippen molar-refractivity contribution in [3.8, 4) is 0 Å². The Hall–Kier alpha value is -2.41. The molecule has 4 aromatic rings. The summed E-state index contributed by atoms with van der Waals surface area (Å²) in [6.45, 7) is 0. The predicted molar refractivity (Wildman–Crippen MR) is 118 cm³/mol. The Labute approximate surface area is 167 Å². The largest absolute Gasteiger partial charge is 0.275 e. The minimum Gasteiger partial charge on any atom is -0.275 e. The molecule has 0 aliphatic rings. The summed E-state index contributed by atoms with van der Waals surface area (Å²) in [5.74, 6) is 0.549. The van der Waals surface area contributed by atoms with E-state index in [0.29, 0.717) is 5.88 Å². The molecule has 1 heterocycles. The maximum Gasteiger partial charge on any atom is 0.0533 e. The van der Waals surface area contributed by atoms with Gasteiger partial charge in [-0.25, -0.2) is 0 Å². The number of aryl methyl sites for hydroxylation is 1. The summed E-state index contributed by atoms with van der Waals surface area (Å²) in [5.41, 5.74) is 1.06. The summed E-state index contributed by atoms with van der Waals surface area (Å²) >= 11 is 5.49. The van der Waals surface area contributed by atoms with Gasteiger partial charge in [0.05, 0.1) is 12.1 Å². The van der Waals surface area contributed by atoms with Crippen molar-refractivity contribution in [3.05, 3.63) is 109 Å². The molecule has 0 aliphatic heterocycles. The summed E-state index contributed by atoms with van der Waals surface area (Å²) in [5, 5.41) is 8.11. The first-order chi connectivity index (χ1) is 13.3. The molecule has 3 aromatic carbocycles. The molecule has 0 N–H and O–H groups in total. The van der Waals surface area contributed by atoms with E-state index in [2.05, 4.69) is 96.1 Å². The number of benzene rings is 3. The second kappa shape index (κ2) is 10.1. The molecule has 136 valence electrons. The smallest absolute Gasteiger partial charge is 0.0533 e. The number of halogens is 1. The monoisotopic (exact) mass is 392 g/mol. The van der Waals surface area contributed by atoms with E-state index in [1.54, 1.807) is 10.9 Å². The van der Waals surface area contributed by atoms with Crippen LogP contribution in [-0.4, -0.2) is 9.78 Å². The molecule has 27 heavy (non-hydrogen) atoms. The first-order valence-electron chi connectivity index (χ1n) is 8.76. The summed E-state index contributed by atoms with van der Waals surface area (Å²) in [6.07, 6.45) is 3.65. The normalized spacial score (nSPS) is 10.3. The maximum atomic E-state index is 5.49. The quantitative estimate of drug-likeness (QED) is 0.366. The molecule has 0 saturated heterocycles. The van der Waals surface area contributed by atoms with Gasteiger partial charge in [0.1, 0.15) is 0 Å². The van der Waals surface area contributed by atoms with Gasteiger partial charge in [0.2, 0.25) is 0 Å². The molecule has 0 radical (unpaired) electrons. The number of alkyl halides is 1. The van der Waals surface area contributed by atoms with Crippen LogP contribution in [0.1, 0.15) is 5.56 Å². The lowest BCUT2D eigenvalue weighted by atomic mass is 10.4. The minimum absolute atomic E-state index is 0.446. The molecule has 0 bridgehead atoms. The highest BCUT2D eigenvalue weighted by Gasteiger charge is 2.14. The van der Waals surface area contributed by atoms with Crippen LogP contribution in [0.25, 0.3) is 0 Å². The molecule has 0 atom stereocenters. The van der Waals surface area contributed by atoms with E-state index in [0.717, 1.165) is 5.56 Å². The molecule has 1 aromatic heterocycles. The van der Waals surface area contributed by atoms with Gasteiger partial charge in [0, 0.05) is 18.8 Å². The van der Waals surface area contributed by atoms with Gasteiger partial charge in [-0.05, 0) is 23.8 Å². The lowest BCUT2D eigenvalue weighted by Gasteiger charge is -2.18. The van der Waals surface area contributed by atoms with Gasteiger partial charge in [0.15, 0.2) is 0 Å². The molecular formula is C23H22ClN2P. The number of aromatic nitrogens is 2. The second-order valence-corrected chi connectivity index (χ2v) is 8.49. The van der Waals surface area contributed by atoms with Crippen LogP contribution in [0.2, 0.25) is 0 Å². The molecule has 2 nitrogen and oxygen atoms in total. The van der Waals surface area contributed by atoms with E-state index in [-0.39, 0.29) is 0 Å². The molecule has 4 rings (SSSR count). The number of hydrogen-bond acceptors (Lipinski definition) is 1. The van der Waals surface area contributed by atoms with E-state index in [1.807, 2.05) is 13.2 Å². The lowest BCUT2D eigenvalue weighted by molar-refractivity contribution is 0.767. The van der Waals surface area contributed by atoms with Crippen LogP contribution in [0, 0.1) is 0 Å². The highest BCUT2D eigenvalue weighted by atomic mass is 35.5. The Morgan fingerprint density at radius 2 is 1.15 bits per heavy atom. The van der Waals surface area contributed by atoms with Crippen molar-refractivity contribution in [2.24, 2.45) is 7.05 Å². The molecule has 0 aliphatic carbocycles. The third kappa shape index (κ3) is 5.53. The van der Waals surface area contributed by atoms with Crippen molar-refractivity contribution >= 4 is 35.4 Å². The number of rotatable bonds is 4. The maximum absolute atomic E-state index is 5.49. The summed E-state index contributed by atoms with van der Waals surface area (Å²) in [7, 11) is 1.43. The first-order valence-corrected chi connectivity index (χ1v) is 10.6. The van der Waals surface area contributed by atoms with Crippen molar-refractivity contribution in [1.82, 2.24) is 9.78 Å². The third-order valence-corrected chi connectivity index (χ3v) is 6.71. The van der Waals surface area contributed by atoms with Gasteiger partial charge in [-0.2, -0.15) is 5.10 Å². The van der Waals surface area contributed by atoms with E-state index in [9.17, 15) is 0 Å². The van der Waals surface area contributed by atoms with Crippen LogP contribution >= 0.6 is 19.5 Å². The number of hydrogen-bond donors (Lipinski definition) is 0. The van der Waals surface area contributed by atoms with E-state index in [4.69, 9.17) is 11.6 Å². The van der Waals surface area contributed by atoms with Crippen molar-refractivity contribution in [2.75, 3.05) is 0 Å². The van der Waals surface area contributed by atoms with Crippen LogP contribution in [0.4, 0.5) is 0 Å². The standard InChI is InChI=1S/C18H15P.C5H7ClN2/c1-4-10-16(11-5-1)19(17-12-6-2-7-13-17)18-14-8-3-9-15-18;1-8-4-5(2-6)3-7-8/h1-15H;3-4H,2H2,1H3. The van der Waals surface area contributed by atoms with E-state index < -0.39 is 7.92 Å². The average molecular weight is 393 g/mol. The highest BCUT2D eigenvalue weighted by molar-refractivity contribution is 7.79. The Bertz CT molecular complexity index is 830. The fraction of sp³-hybridized carbons (Fsp3) is 0.0870. The highest BCUT2D eigenvalue weighted by Crippen LogP contribution is 2.32. The van der Waals surface area contributed by atoms with Crippen molar-refractivity contribution in [3.63, 3.8) is 0 Å². The van der Waals surface area contributed by atoms with E-state index in [1.165, 1.54) is 15.9 Å². The summed E-state index contributed by atoms with van der Waals surface area (Å²) < 4.78 is 1.73. The zero-order chi connectivity index (χ0) is 18.9. The molecule has 0 spiro atoms. The molecule has 4 heteroatoms. The molecule has 0 saturated carbocycles. The molecule has 0 fully saturated rings. The Kier molecular flexibility index (Phi) is 7.21. The predicted octanol–water partition coefficient (Wildman–Crippen LogP) is 4.60. The lowest BCUT2D eigenvalue weighted by Crippen LogP contribution is -2.20. The van der Waals surface area contributed by atoms with Gasteiger partial charge < -0.3 is 0 Å². The number of nitrogens with zero attached hydrogens (tertiary/aromatic N) is 2. The molecular weight excluding hydrogens is 371 g/mol. The van der Waals surface area contributed by atoms with Gasteiger partial charge in [0.25, 0.3) is 0 Å². The van der Waals surface area contributed by atoms with Crippen LogP contribution < -0.4 is 15.9 Å². The Morgan fingerprint density at radius 3 is 1.41 bits per heavy atom. The first kappa shape index (κ1) is 19.4. The van der Waals surface area contributed by atoms with Crippen molar-refractivity contribution in [1.29, 1.82) is 0 Å². The van der Waals surface area contributed by atoms with Crippen LogP contribution in [0.15, 0.2) is 103 Å². The van der Waals surface area contributed by atoms with Crippen molar-refractivity contribution < 1.29 is 0 Å². The Balaban J connectivity index is 0.000000221. The van der Waals surface area contributed by atoms with Crippen molar-refractivity contribution in [2.45, 2.75) is 5.88 Å². The minimum atomic E-state index is -0.446. The topological polar surface area (TPSA) is 17.8 Å². The van der Waals surface area contributed by atoms with Crippen LogP contribution in [0.3, 0.4) is 0 Å². The fourth-order valence-electron chi connectivity index (χ4n) is 2.72. The van der Waals surface area contributed by atoms with E-state index >= 15 is 0 Å². The van der Waals surface area contributed by atoms with Crippen LogP contribution in [-0.2, 0) is 12.9 Å². The SMILES string of the molecule is Cn1cc(CCl)cn1.c1ccc(P(c2ccccc2)c2ccccc2)cc1. The van der Waals surface area contributed by atoms with Gasteiger partial charge in [-0.1, -0.05) is 91.0 Å². The van der Waals surface area contributed by atoms with Gasteiger partial charge >= 0.3 is 0 Å². The Morgan fingerprint density at radius 1 is 0.741 bits per heavy atom. The average Bonchev–Trinajstić information content (AvgIpc) is 3.17. The molecule has 0 unspecified atom stereocenters. The van der Waals surface area contributed by atoms with Gasteiger partial charge in [-0.15, -0.1) is 11.6 Å². The third-order valence-electron chi connectivity index (χ3n) is 3.96. The summed E-state index contributed by atoms with van der Waals surface area (Å²) in [4.78, 5) is 0. The van der Waals surface area contributed by atoms with Gasteiger partial charge in [-0.3, -0.25) is 4.68 Å². The molecule has 0 amide bonds. The fourth-order valence-corrected chi connectivity index (χ4v) is 5.16. The second-order valence-electron chi connectivity index (χ2n) is 6.00. The van der Waals surface area contributed by atoms with Crippen LogP contribution in [0.5, 0.6) is 0 Å². The zero-order valence-electron chi connectivity index (χ0n) is 15.2.